The molecule has 3 aliphatic rings. The minimum absolute atomic E-state index is 0.0446. The zero-order valence-corrected chi connectivity index (χ0v) is 19.1. The number of aromatic nitrogens is 3. The Labute approximate surface area is 198 Å². The lowest BCUT2D eigenvalue weighted by molar-refractivity contribution is -0.124. The van der Waals surface area contributed by atoms with Crippen molar-refractivity contribution in [1.82, 2.24) is 30.5 Å². The van der Waals surface area contributed by atoms with E-state index in [-0.39, 0.29) is 30.2 Å². The van der Waals surface area contributed by atoms with E-state index in [1.54, 1.807) is 16.8 Å². The Kier molecular flexibility index (Phi) is 5.15. The molecule has 34 heavy (non-hydrogen) atoms. The summed E-state index contributed by atoms with van der Waals surface area (Å²) in [7, 11) is 0. The largest absolute Gasteiger partial charge is 0.367 e. The number of amides is 3. The fourth-order valence-electron chi connectivity index (χ4n) is 4.19. The molecule has 3 fully saturated rings. The first-order chi connectivity index (χ1) is 16.5. The van der Waals surface area contributed by atoms with Gasteiger partial charge in [-0.1, -0.05) is 0 Å². The molecular formula is C23H23N7O3S. The lowest BCUT2D eigenvalue weighted by Crippen LogP contribution is -2.35. The van der Waals surface area contributed by atoms with Gasteiger partial charge in [-0.2, -0.15) is 9.61 Å². The van der Waals surface area contributed by atoms with Crippen molar-refractivity contribution in [3.8, 4) is 10.6 Å². The predicted molar refractivity (Wildman–Crippen MR) is 127 cm³/mol. The van der Waals surface area contributed by atoms with Gasteiger partial charge in [0.05, 0.1) is 28.1 Å². The van der Waals surface area contributed by atoms with Gasteiger partial charge in [-0.3, -0.25) is 19.7 Å². The molecule has 0 radical (unpaired) electrons. The molecule has 10 nitrogen and oxygen atoms in total. The smallest absolute Gasteiger partial charge is 0.261 e. The van der Waals surface area contributed by atoms with Crippen LogP contribution in [0.25, 0.3) is 22.3 Å². The fraction of sp³-hybridized carbons (Fsp3) is 0.348. The van der Waals surface area contributed by atoms with E-state index in [0.717, 1.165) is 43.0 Å². The second-order valence-electron chi connectivity index (χ2n) is 8.83. The molecule has 6 rings (SSSR count). The number of thiophene rings is 1. The molecule has 1 aliphatic carbocycles. The Bertz CT molecular complexity index is 1350. The van der Waals surface area contributed by atoms with E-state index in [1.165, 1.54) is 11.3 Å². The molecule has 174 valence electrons. The van der Waals surface area contributed by atoms with Crippen LogP contribution in [0.4, 0.5) is 5.82 Å². The third-order valence-electron chi connectivity index (χ3n) is 6.13. The van der Waals surface area contributed by atoms with Crippen LogP contribution in [0.3, 0.4) is 0 Å². The predicted octanol–water partition coefficient (Wildman–Crippen LogP) is 1.55. The van der Waals surface area contributed by atoms with Crippen molar-refractivity contribution >= 4 is 46.6 Å². The van der Waals surface area contributed by atoms with Crippen LogP contribution < -0.4 is 21.3 Å². The lowest BCUT2D eigenvalue weighted by Gasteiger charge is -2.10. The van der Waals surface area contributed by atoms with Gasteiger partial charge < -0.3 is 16.0 Å². The number of anilines is 1. The van der Waals surface area contributed by atoms with Crippen molar-refractivity contribution in [2.45, 2.75) is 37.8 Å². The molecule has 3 aromatic heterocycles. The third kappa shape index (κ3) is 4.08. The van der Waals surface area contributed by atoms with Crippen LogP contribution in [0.2, 0.25) is 0 Å². The first-order valence-corrected chi connectivity index (χ1v) is 12.2. The number of imide groups is 1. The van der Waals surface area contributed by atoms with E-state index < -0.39 is 0 Å². The number of nitrogens with zero attached hydrogens (tertiary/aromatic N) is 3. The Morgan fingerprint density at radius 2 is 2.09 bits per heavy atom. The van der Waals surface area contributed by atoms with Crippen molar-refractivity contribution in [3.05, 3.63) is 40.4 Å². The second-order valence-corrected chi connectivity index (χ2v) is 9.92. The van der Waals surface area contributed by atoms with Crippen LogP contribution in [-0.4, -0.2) is 57.5 Å². The fourth-order valence-corrected chi connectivity index (χ4v) is 5.06. The number of nitrogens with one attached hydrogen (secondary N) is 4. The second kappa shape index (κ2) is 8.33. The van der Waals surface area contributed by atoms with E-state index in [2.05, 4.69) is 26.4 Å². The minimum atomic E-state index is -0.386. The Balaban J connectivity index is 1.36. The van der Waals surface area contributed by atoms with Crippen LogP contribution in [0.5, 0.6) is 0 Å². The minimum Gasteiger partial charge on any atom is -0.367 e. The molecule has 1 atom stereocenters. The molecule has 0 aromatic carbocycles. The van der Waals surface area contributed by atoms with Crippen molar-refractivity contribution in [2.75, 3.05) is 18.4 Å². The third-order valence-corrected chi connectivity index (χ3v) is 7.24. The maximum atomic E-state index is 12.7. The zero-order chi connectivity index (χ0) is 23.2. The highest BCUT2D eigenvalue weighted by atomic mass is 32.1. The van der Waals surface area contributed by atoms with Crippen molar-refractivity contribution in [3.63, 3.8) is 0 Å². The molecule has 1 unspecified atom stereocenters. The van der Waals surface area contributed by atoms with E-state index in [0.29, 0.717) is 33.4 Å². The van der Waals surface area contributed by atoms with E-state index in [1.807, 2.05) is 18.2 Å². The van der Waals surface area contributed by atoms with Crippen LogP contribution >= 0.6 is 11.3 Å². The van der Waals surface area contributed by atoms with Gasteiger partial charge in [0.25, 0.3) is 11.8 Å². The Morgan fingerprint density at radius 1 is 1.21 bits per heavy atom. The number of carbonyl (C=O) groups excluding carboxylic acids is 3. The average Bonchev–Trinajstić information content (AvgIpc) is 3.24. The van der Waals surface area contributed by atoms with Gasteiger partial charge in [-0.15, -0.1) is 11.3 Å². The normalized spacial score (nSPS) is 21.4. The molecule has 3 aromatic rings. The summed E-state index contributed by atoms with van der Waals surface area (Å²) >= 11 is 1.39. The molecule has 2 saturated heterocycles. The highest BCUT2D eigenvalue weighted by Crippen LogP contribution is 2.32. The SMILES string of the molecule is O=C1C/C(=C\c2cnn3c(NC4CC4)cc(-c4ccc(C(=O)NC5CCNC5)s4)nc23)C(=O)N1. The number of fused-ring (bicyclic) bond motifs is 1. The molecule has 11 heteroatoms. The first-order valence-electron chi connectivity index (χ1n) is 11.4. The van der Waals surface area contributed by atoms with Crippen LogP contribution in [0.1, 0.15) is 40.9 Å². The van der Waals surface area contributed by atoms with Gasteiger partial charge in [0, 0.05) is 35.8 Å². The molecule has 1 saturated carbocycles. The summed E-state index contributed by atoms with van der Waals surface area (Å²) in [5.74, 6) is 0.0306. The molecular weight excluding hydrogens is 454 g/mol. The van der Waals surface area contributed by atoms with Crippen LogP contribution in [0.15, 0.2) is 30.0 Å². The average molecular weight is 478 g/mol. The van der Waals surface area contributed by atoms with Crippen molar-refractivity contribution in [1.29, 1.82) is 0 Å². The summed E-state index contributed by atoms with van der Waals surface area (Å²) in [4.78, 5) is 42.7. The number of carbonyl (C=O) groups is 3. The summed E-state index contributed by atoms with van der Waals surface area (Å²) in [6.07, 6.45) is 6.49. The number of rotatable bonds is 6. The molecule has 2 aliphatic heterocycles. The maximum absolute atomic E-state index is 12.7. The summed E-state index contributed by atoms with van der Waals surface area (Å²) in [5.41, 5.74) is 2.34. The highest BCUT2D eigenvalue weighted by molar-refractivity contribution is 7.17. The first kappa shape index (κ1) is 21.0. The van der Waals surface area contributed by atoms with Crippen molar-refractivity contribution in [2.24, 2.45) is 0 Å². The van der Waals surface area contributed by atoms with Gasteiger partial charge in [0.1, 0.15) is 5.82 Å². The van der Waals surface area contributed by atoms with Gasteiger partial charge in [-0.05, 0) is 44.0 Å². The van der Waals surface area contributed by atoms with Crippen LogP contribution in [0, 0.1) is 0 Å². The molecule has 5 heterocycles. The molecule has 4 N–H and O–H groups in total. The summed E-state index contributed by atoms with van der Waals surface area (Å²) in [5, 5.41) is 16.6. The summed E-state index contributed by atoms with van der Waals surface area (Å²) in [6.45, 7) is 1.71. The van der Waals surface area contributed by atoms with Gasteiger partial charge in [0.15, 0.2) is 5.65 Å². The Hall–Kier alpha value is -3.57. The van der Waals surface area contributed by atoms with Crippen LogP contribution in [-0.2, 0) is 9.59 Å². The molecule has 3 amide bonds. The summed E-state index contributed by atoms with van der Waals surface area (Å²) < 4.78 is 1.72. The zero-order valence-electron chi connectivity index (χ0n) is 18.3. The van der Waals surface area contributed by atoms with Crippen molar-refractivity contribution < 1.29 is 14.4 Å². The highest BCUT2D eigenvalue weighted by Gasteiger charge is 2.26. The monoisotopic (exact) mass is 477 g/mol. The quantitative estimate of drug-likeness (QED) is 0.313. The standard InChI is InChI=1S/C23H23N7O3S/c31-20-8-12(22(32)29-20)7-13-10-25-30-19(26-14-1-2-14)9-16(28-21(13)30)17-3-4-18(34-17)23(33)27-15-5-6-24-11-15/h3-4,7,9-10,14-15,24,26H,1-2,5-6,8,11H2,(H,27,33)(H,29,31,32)/b12-7+. The topological polar surface area (TPSA) is 130 Å². The number of hydrogen-bond acceptors (Lipinski definition) is 8. The van der Waals surface area contributed by atoms with E-state index >= 15 is 0 Å². The summed E-state index contributed by atoms with van der Waals surface area (Å²) in [6, 6.07) is 6.22. The Morgan fingerprint density at radius 3 is 2.82 bits per heavy atom. The van der Waals surface area contributed by atoms with E-state index in [4.69, 9.17) is 4.98 Å². The van der Waals surface area contributed by atoms with Gasteiger partial charge >= 0.3 is 0 Å². The molecule has 0 bridgehead atoms. The van der Waals surface area contributed by atoms with Gasteiger partial charge in [0.2, 0.25) is 5.91 Å². The van der Waals surface area contributed by atoms with E-state index in [9.17, 15) is 14.4 Å². The van der Waals surface area contributed by atoms with Gasteiger partial charge in [-0.25, -0.2) is 4.98 Å². The lowest BCUT2D eigenvalue weighted by atomic mass is 10.1. The molecule has 0 spiro atoms. The number of hydrogen-bond donors (Lipinski definition) is 4. The maximum Gasteiger partial charge on any atom is 0.261 e.